The third-order valence-corrected chi connectivity index (χ3v) is 8.46. The van der Waals surface area contributed by atoms with Crippen LogP contribution in [0.15, 0.2) is 138 Å². The number of hydrogen-bond acceptors (Lipinski definition) is 4. The van der Waals surface area contributed by atoms with Crippen LogP contribution >= 0.6 is 11.3 Å². The lowest BCUT2D eigenvalue weighted by Crippen LogP contribution is -2.11. The highest BCUT2D eigenvalue weighted by atomic mass is 32.1. The molecule has 0 aliphatic carbocycles. The van der Waals surface area contributed by atoms with Crippen LogP contribution < -0.4 is 4.90 Å². The summed E-state index contributed by atoms with van der Waals surface area (Å²) in [6.45, 7) is 0. The summed E-state index contributed by atoms with van der Waals surface area (Å²) >= 11 is 1.82. The van der Waals surface area contributed by atoms with Gasteiger partial charge in [0, 0.05) is 31.1 Å². The van der Waals surface area contributed by atoms with E-state index < -0.39 is 0 Å². The number of anilines is 3. The molecule has 184 valence electrons. The second-order valence-electron chi connectivity index (χ2n) is 9.63. The van der Waals surface area contributed by atoms with Gasteiger partial charge in [-0.15, -0.1) is 11.3 Å². The van der Waals surface area contributed by atoms with Crippen LogP contribution in [0.5, 0.6) is 0 Å². The van der Waals surface area contributed by atoms with Gasteiger partial charge in [-0.1, -0.05) is 97.1 Å². The number of hydrogen-bond donors (Lipinski definition) is 0. The van der Waals surface area contributed by atoms with E-state index >= 15 is 0 Å². The fourth-order valence-electron chi connectivity index (χ4n) is 5.48. The Bertz CT molecular complexity index is 2130. The van der Waals surface area contributed by atoms with Crippen molar-refractivity contribution >= 4 is 70.8 Å². The molecule has 39 heavy (non-hydrogen) atoms. The van der Waals surface area contributed by atoms with Crippen molar-refractivity contribution in [3.05, 3.63) is 133 Å². The summed E-state index contributed by atoms with van der Waals surface area (Å²) in [6, 6.07) is 47.2. The lowest BCUT2D eigenvalue weighted by molar-refractivity contribution is 0.611. The molecule has 2 aromatic heterocycles. The van der Waals surface area contributed by atoms with E-state index in [1.807, 2.05) is 35.6 Å². The van der Waals surface area contributed by atoms with Crippen LogP contribution in [0.1, 0.15) is 0 Å². The summed E-state index contributed by atoms with van der Waals surface area (Å²) in [5, 5.41) is 4.69. The highest BCUT2D eigenvalue weighted by Crippen LogP contribution is 2.44. The van der Waals surface area contributed by atoms with E-state index in [1.54, 1.807) is 0 Å². The Hall–Kier alpha value is -4.93. The smallest absolute Gasteiger partial charge is 0.307 e. The van der Waals surface area contributed by atoms with Gasteiger partial charge in [0.1, 0.15) is 5.52 Å². The number of benzene rings is 6. The van der Waals surface area contributed by atoms with Crippen molar-refractivity contribution in [1.82, 2.24) is 4.98 Å². The zero-order valence-electron chi connectivity index (χ0n) is 20.9. The first kappa shape index (κ1) is 22.1. The van der Waals surface area contributed by atoms with Gasteiger partial charge in [0.2, 0.25) is 0 Å². The molecule has 0 radical (unpaired) electrons. The lowest BCUT2D eigenvalue weighted by Gasteiger charge is -2.24. The molecule has 0 unspecified atom stereocenters. The summed E-state index contributed by atoms with van der Waals surface area (Å²) in [7, 11) is 0. The average Bonchev–Trinajstić information content (AvgIpc) is 3.60. The number of fused-ring (bicyclic) bond motifs is 6. The zero-order chi connectivity index (χ0) is 25.8. The summed E-state index contributed by atoms with van der Waals surface area (Å²) in [6.07, 6.45) is 0. The second kappa shape index (κ2) is 8.83. The molecule has 0 spiro atoms. The number of thiophene rings is 1. The van der Waals surface area contributed by atoms with Crippen molar-refractivity contribution < 1.29 is 4.42 Å². The van der Waals surface area contributed by atoms with E-state index in [-0.39, 0.29) is 0 Å². The van der Waals surface area contributed by atoms with E-state index in [2.05, 4.69) is 114 Å². The van der Waals surface area contributed by atoms with Gasteiger partial charge >= 0.3 is 6.01 Å². The Kier molecular flexibility index (Phi) is 5.00. The fourth-order valence-corrected chi connectivity index (χ4v) is 6.56. The molecule has 0 fully saturated rings. The number of para-hydroxylation sites is 1. The molecule has 0 saturated heterocycles. The summed E-state index contributed by atoms with van der Waals surface area (Å²) in [5.41, 5.74) is 5.91. The minimum Gasteiger partial charge on any atom is -0.422 e. The van der Waals surface area contributed by atoms with Crippen LogP contribution in [0, 0.1) is 0 Å². The first-order chi connectivity index (χ1) is 19.3. The molecule has 8 rings (SSSR count). The number of nitrogens with zero attached hydrogens (tertiary/aromatic N) is 2. The fraction of sp³-hybridized carbons (Fsp3) is 0. The van der Waals surface area contributed by atoms with Gasteiger partial charge in [-0.25, -0.2) is 0 Å². The van der Waals surface area contributed by atoms with Crippen LogP contribution in [0.3, 0.4) is 0 Å². The van der Waals surface area contributed by atoms with E-state index in [9.17, 15) is 0 Å². The SMILES string of the molecule is c1ccc(-c2ccccc2N(c2ccc3sc4ccccc4c3c2)c2nc3ccc4ccccc4c3o2)cc1. The number of aromatic nitrogens is 1. The van der Waals surface area contributed by atoms with Gasteiger partial charge in [-0.05, 0) is 47.3 Å². The maximum Gasteiger partial charge on any atom is 0.307 e. The van der Waals surface area contributed by atoms with Crippen LogP contribution in [0.2, 0.25) is 0 Å². The largest absolute Gasteiger partial charge is 0.422 e. The lowest BCUT2D eigenvalue weighted by atomic mass is 10.0. The standard InChI is InChI=1S/C35H22N2OS/c1-2-10-23(11-3-1)26-13-6-8-16-31(26)37(25-19-21-33-29(22-25)28-15-7-9-17-32(28)39-33)35-36-30-20-18-24-12-4-5-14-27(24)34(30)38-35/h1-22H. The zero-order valence-corrected chi connectivity index (χ0v) is 21.7. The number of rotatable bonds is 4. The molecule has 0 amide bonds. The Morgan fingerprint density at radius 2 is 1.33 bits per heavy atom. The third kappa shape index (κ3) is 3.61. The molecule has 8 aromatic rings. The van der Waals surface area contributed by atoms with E-state index in [0.29, 0.717) is 6.01 Å². The van der Waals surface area contributed by atoms with E-state index in [0.717, 1.165) is 44.4 Å². The maximum atomic E-state index is 6.64. The maximum absolute atomic E-state index is 6.64. The van der Waals surface area contributed by atoms with Crippen molar-refractivity contribution in [2.24, 2.45) is 0 Å². The predicted octanol–water partition coefficient (Wildman–Crippen LogP) is 10.5. The Balaban J connectivity index is 1.41. The van der Waals surface area contributed by atoms with Crippen molar-refractivity contribution in [1.29, 1.82) is 0 Å². The van der Waals surface area contributed by atoms with Gasteiger partial charge < -0.3 is 4.42 Å². The normalized spacial score (nSPS) is 11.6. The van der Waals surface area contributed by atoms with Crippen LogP contribution in [-0.2, 0) is 0 Å². The average molecular weight is 519 g/mol. The minimum atomic E-state index is 0.545. The Morgan fingerprint density at radius 1 is 0.590 bits per heavy atom. The molecule has 0 N–H and O–H groups in total. The topological polar surface area (TPSA) is 29.3 Å². The molecule has 6 aromatic carbocycles. The van der Waals surface area contributed by atoms with Crippen LogP contribution in [0.4, 0.5) is 17.4 Å². The molecule has 0 bridgehead atoms. The monoisotopic (exact) mass is 518 g/mol. The third-order valence-electron chi connectivity index (χ3n) is 7.31. The minimum absolute atomic E-state index is 0.545. The molecular weight excluding hydrogens is 496 g/mol. The second-order valence-corrected chi connectivity index (χ2v) is 10.7. The molecular formula is C35H22N2OS. The number of oxazole rings is 1. The summed E-state index contributed by atoms with van der Waals surface area (Å²) in [5.74, 6) is 0. The molecule has 0 aliphatic rings. The van der Waals surface area contributed by atoms with E-state index in [1.165, 1.54) is 20.2 Å². The van der Waals surface area contributed by atoms with Gasteiger partial charge in [0.15, 0.2) is 5.58 Å². The summed E-state index contributed by atoms with van der Waals surface area (Å²) < 4.78 is 9.19. The quantitative estimate of drug-likeness (QED) is 0.232. The molecule has 0 saturated carbocycles. The van der Waals surface area contributed by atoms with Crippen molar-refractivity contribution in [2.75, 3.05) is 4.90 Å². The molecule has 4 heteroatoms. The molecule has 3 nitrogen and oxygen atoms in total. The molecule has 0 atom stereocenters. The predicted molar refractivity (Wildman–Crippen MR) is 165 cm³/mol. The highest BCUT2D eigenvalue weighted by Gasteiger charge is 2.23. The van der Waals surface area contributed by atoms with Crippen molar-refractivity contribution in [2.45, 2.75) is 0 Å². The first-order valence-corrected chi connectivity index (χ1v) is 13.8. The van der Waals surface area contributed by atoms with Crippen LogP contribution in [0.25, 0.3) is 53.2 Å². The van der Waals surface area contributed by atoms with Crippen molar-refractivity contribution in [3.8, 4) is 11.1 Å². The molecule has 0 aliphatic heterocycles. The summed E-state index contributed by atoms with van der Waals surface area (Å²) in [4.78, 5) is 7.20. The van der Waals surface area contributed by atoms with Crippen molar-refractivity contribution in [3.63, 3.8) is 0 Å². The van der Waals surface area contributed by atoms with Gasteiger partial charge in [-0.2, -0.15) is 4.98 Å². The molecule has 2 heterocycles. The van der Waals surface area contributed by atoms with Gasteiger partial charge in [-0.3, -0.25) is 4.90 Å². The van der Waals surface area contributed by atoms with E-state index in [4.69, 9.17) is 9.40 Å². The Morgan fingerprint density at radius 3 is 2.26 bits per heavy atom. The van der Waals surface area contributed by atoms with Gasteiger partial charge in [0.05, 0.1) is 11.4 Å². The first-order valence-electron chi connectivity index (χ1n) is 13.0. The van der Waals surface area contributed by atoms with Crippen LogP contribution in [-0.4, -0.2) is 4.98 Å². The Labute approximate surface area is 229 Å². The van der Waals surface area contributed by atoms with Gasteiger partial charge in [0.25, 0.3) is 0 Å². The highest BCUT2D eigenvalue weighted by molar-refractivity contribution is 7.25.